The van der Waals surface area contributed by atoms with E-state index in [9.17, 15) is 0 Å². The highest BCUT2D eigenvalue weighted by Gasteiger charge is 2.11. The third kappa shape index (κ3) is 3.39. The minimum absolute atomic E-state index is 0.776. The normalized spacial score (nSPS) is 16.4. The number of rotatable bonds is 6. The summed E-state index contributed by atoms with van der Waals surface area (Å²) in [7, 11) is 0. The molecule has 1 aliphatic heterocycles. The third-order valence-electron chi connectivity index (χ3n) is 4.00. The molecule has 4 heteroatoms. The fourth-order valence-corrected chi connectivity index (χ4v) is 2.80. The molecule has 1 aliphatic rings. The molecule has 0 aliphatic carbocycles. The van der Waals surface area contributed by atoms with Crippen molar-refractivity contribution in [3.05, 3.63) is 30.5 Å². The second kappa shape index (κ2) is 6.96. The number of benzene rings is 1. The van der Waals surface area contributed by atoms with E-state index in [2.05, 4.69) is 46.9 Å². The molecule has 0 saturated carbocycles. The van der Waals surface area contributed by atoms with Crippen molar-refractivity contribution >= 4 is 10.9 Å². The molecule has 0 unspecified atom stereocenters. The molecule has 0 amide bonds. The van der Waals surface area contributed by atoms with E-state index in [4.69, 9.17) is 9.47 Å². The van der Waals surface area contributed by atoms with Crippen LogP contribution < -0.4 is 4.74 Å². The molecule has 1 aromatic heterocycles. The molecule has 0 spiro atoms. The molecular formula is C17H24N2O2. The summed E-state index contributed by atoms with van der Waals surface area (Å²) in [6.45, 7) is 8.82. The summed E-state index contributed by atoms with van der Waals surface area (Å²) in [5, 5.41) is 1.22. The standard InChI is InChI=1S/C17H24N2O2/c1-2-12-21-17-5-3-4-16-15(17)6-7-19(16)9-8-18-10-13-20-14-11-18/h3-7H,2,8-14H2,1H3. The average molecular weight is 288 g/mol. The molecule has 3 rings (SSSR count). The number of ether oxygens (including phenoxy) is 2. The van der Waals surface area contributed by atoms with Crippen LogP contribution in [0.5, 0.6) is 5.75 Å². The molecule has 114 valence electrons. The summed E-state index contributed by atoms with van der Waals surface area (Å²) in [6.07, 6.45) is 3.21. The largest absolute Gasteiger partial charge is 0.493 e. The van der Waals surface area contributed by atoms with Crippen molar-refractivity contribution in [2.75, 3.05) is 39.5 Å². The summed E-state index contributed by atoms with van der Waals surface area (Å²) in [5.74, 6) is 1.000. The number of hydrogen-bond acceptors (Lipinski definition) is 3. The quantitative estimate of drug-likeness (QED) is 0.817. The molecule has 4 nitrogen and oxygen atoms in total. The first-order valence-corrected chi connectivity index (χ1v) is 7.89. The Morgan fingerprint density at radius 1 is 1.14 bits per heavy atom. The Kier molecular flexibility index (Phi) is 4.78. The lowest BCUT2D eigenvalue weighted by Crippen LogP contribution is -2.38. The highest BCUT2D eigenvalue weighted by atomic mass is 16.5. The van der Waals surface area contributed by atoms with Gasteiger partial charge in [-0.3, -0.25) is 4.90 Å². The van der Waals surface area contributed by atoms with E-state index in [0.29, 0.717) is 0 Å². The zero-order chi connectivity index (χ0) is 14.5. The minimum atomic E-state index is 0.776. The third-order valence-corrected chi connectivity index (χ3v) is 4.00. The van der Waals surface area contributed by atoms with E-state index in [1.807, 2.05) is 0 Å². The van der Waals surface area contributed by atoms with Crippen molar-refractivity contribution in [1.29, 1.82) is 0 Å². The Morgan fingerprint density at radius 3 is 2.81 bits per heavy atom. The number of aromatic nitrogens is 1. The fraction of sp³-hybridized carbons (Fsp3) is 0.529. The minimum Gasteiger partial charge on any atom is -0.493 e. The van der Waals surface area contributed by atoms with Gasteiger partial charge in [0.25, 0.3) is 0 Å². The lowest BCUT2D eigenvalue weighted by Gasteiger charge is -2.26. The maximum atomic E-state index is 5.84. The van der Waals surface area contributed by atoms with Gasteiger partial charge in [0.1, 0.15) is 5.75 Å². The van der Waals surface area contributed by atoms with E-state index in [-0.39, 0.29) is 0 Å². The van der Waals surface area contributed by atoms with Crippen LogP contribution in [0, 0.1) is 0 Å². The maximum Gasteiger partial charge on any atom is 0.128 e. The van der Waals surface area contributed by atoms with E-state index < -0.39 is 0 Å². The van der Waals surface area contributed by atoms with Gasteiger partial charge in [0.15, 0.2) is 0 Å². The van der Waals surface area contributed by atoms with Gasteiger partial charge in [-0.25, -0.2) is 0 Å². The second-order valence-electron chi connectivity index (χ2n) is 5.50. The SMILES string of the molecule is CCCOc1cccc2c1ccn2CCN1CCOCC1. The van der Waals surface area contributed by atoms with Crippen LogP contribution in [0.15, 0.2) is 30.5 Å². The van der Waals surface area contributed by atoms with Crippen LogP contribution in [0.2, 0.25) is 0 Å². The Hall–Kier alpha value is -1.52. The van der Waals surface area contributed by atoms with Gasteiger partial charge in [0.2, 0.25) is 0 Å². The van der Waals surface area contributed by atoms with Crippen LogP contribution in [0.25, 0.3) is 10.9 Å². The zero-order valence-electron chi connectivity index (χ0n) is 12.8. The molecule has 2 heterocycles. The Morgan fingerprint density at radius 2 is 2.00 bits per heavy atom. The second-order valence-corrected chi connectivity index (χ2v) is 5.50. The van der Waals surface area contributed by atoms with E-state index in [1.54, 1.807) is 0 Å². The number of hydrogen-bond donors (Lipinski definition) is 0. The molecule has 1 fully saturated rings. The number of fused-ring (bicyclic) bond motifs is 1. The first kappa shape index (κ1) is 14.4. The lowest BCUT2D eigenvalue weighted by atomic mass is 10.2. The van der Waals surface area contributed by atoms with Gasteiger partial charge >= 0.3 is 0 Å². The summed E-state index contributed by atoms with van der Waals surface area (Å²) in [6, 6.07) is 8.48. The Labute approximate surface area is 126 Å². The molecule has 2 aromatic rings. The molecule has 0 atom stereocenters. The van der Waals surface area contributed by atoms with Crippen LogP contribution in [0.3, 0.4) is 0 Å². The van der Waals surface area contributed by atoms with Crippen molar-refractivity contribution in [3.63, 3.8) is 0 Å². The molecular weight excluding hydrogens is 264 g/mol. The monoisotopic (exact) mass is 288 g/mol. The fourth-order valence-electron chi connectivity index (χ4n) is 2.80. The van der Waals surface area contributed by atoms with Crippen LogP contribution >= 0.6 is 0 Å². The van der Waals surface area contributed by atoms with Crippen LogP contribution in [-0.2, 0) is 11.3 Å². The van der Waals surface area contributed by atoms with E-state index in [1.165, 1.54) is 10.9 Å². The van der Waals surface area contributed by atoms with Crippen LogP contribution in [-0.4, -0.2) is 48.9 Å². The van der Waals surface area contributed by atoms with Gasteiger partial charge in [-0.15, -0.1) is 0 Å². The maximum absolute atomic E-state index is 5.84. The molecule has 0 radical (unpaired) electrons. The van der Waals surface area contributed by atoms with Gasteiger partial charge < -0.3 is 14.0 Å². The first-order valence-electron chi connectivity index (χ1n) is 7.89. The highest BCUT2D eigenvalue weighted by molar-refractivity contribution is 5.86. The Bertz CT molecular complexity index is 573. The molecule has 0 N–H and O–H groups in total. The van der Waals surface area contributed by atoms with Gasteiger partial charge in [-0.1, -0.05) is 13.0 Å². The predicted molar refractivity (Wildman–Crippen MR) is 85.0 cm³/mol. The average Bonchev–Trinajstić information content (AvgIpc) is 2.96. The lowest BCUT2D eigenvalue weighted by molar-refractivity contribution is 0.0365. The van der Waals surface area contributed by atoms with E-state index in [0.717, 1.165) is 58.2 Å². The summed E-state index contributed by atoms with van der Waals surface area (Å²) >= 11 is 0. The Balaban J connectivity index is 1.70. The molecule has 21 heavy (non-hydrogen) atoms. The summed E-state index contributed by atoms with van der Waals surface area (Å²) in [5.41, 5.74) is 1.26. The zero-order valence-corrected chi connectivity index (χ0v) is 12.8. The first-order chi connectivity index (χ1) is 10.4. The van der Waals surface area contributed by atoms with Crippen molar-refractivity contribution in [2.45, 2.75) is 19.9 Å². The van der Waals surface area contributed by atoms with Crippen molar-refractivity contribution in [2.24, 2.45) is 0 Å². The number of morpholine rings is 1. The van der Waals surface area contributed by atoms with Crippen molar-refractivity contribution in [1.82, 2.24) is 9.47 Å². The molecule has 1 saturated heterocycles. The topological polar surface area (TPSA) is 26.6 Å². The summed E-state index contributed by atoms with van der Waals surface area (Å²) in [4.78, 5) is 2.47. The van der Waals surface area contributed by atoms with Gasteiger partial charge in [-0.2, -0.15) is 0 Å². The molecule has 1 aromatic carbocycles. The van der Waals surface area contributed by atoms with Crippen LogP contribution in [0.4, 0.5) is 0 Å². The van der Waals surface area contributed by atoms with Gasteiger partial charge in [-0.05, 0) is 24.6 Å². The summed E-state index contributed by atoms with van der Waals surface area (Å²) < 4.78 is 13.6. The van der Waals surface area contributed by atoms with Crippen LogP contribution in [0.1, 0.15) is 13.3 Å². The van der Waals surface area contributed by atoms with Crippen molar-refractivity contribution < 1.29 is 9.47 Å². The van der Waals surface area contributed by atoms with Gasteiger partial charge in [0.05, 0.1) is 25.3 Å². The smallest absolute Gasteiger partial charge is 0.128 e. The van der Waals surface area contributed by atoms with E-state index >= 15 is 0 Å². The highest BCUT2D eigenvalue weighted by Crippen LogP contribution is 2.26. The van der Waals surface area contributed by atoms with Crippen molar-refractivity contribution in [3.8, 4) is 5.75 Å². The van der Waals surface area contributed by atoms with Gasteiger partial charge in [0, 0.05) is 37.8 Å². The molecule has 0 bridgehead atoms. The predicted octanol–water partition coefficient (Wildman–Crippen LogP) is 2.76. The number of nitrogens with zero attached hydrogens (tertiary/aromatic N) is 2.